The Morgan fingerprint density at radius 1 is 1.00 bits per heavy atom. The third kappa shape index (κ3) is 6.08. The van der Waals surface area contributed by atoms with Gasteiger partial charge in [-0.3, -0.25) is 0 Å². The summed E-state index contributed by atoms with van der Waals surface area (Å²) in [7, 11) is 0. The molecule has 0 saturated carbocycles. The van der Waals surface area contributed by atoms with Gasteiger partial charge in [0, 0.05) is 35.6 Å². The first kappa shape index (κ1) is 23.4. The van der Waals surface area contributed by atoms with Crippen LogP contribution in [0.15, 0.2) is 59.7 Å². The van der Waals surface area contributed by atoms with E-state index in [1.807, 2.05) is 0 Å². The van der Waals surface area contributed by atoms with Crippen LogP contribution in [-0.4, -0.2) is 12.7 Å². The molecule has 0 unspecified atom stereocenters. The average molecular weight is 424 g/mol. The lowest BCUT2D eigenvalue weighted by Gasteiger charge is -2.17. The molecule has 0 heterocycles. The van der Waals surface area contributed by atoms with Crippen LogP contribution in [-0.2, 0) is 6.54 Å². The molecule has 0 aliphatic heterocycles. The molecular formula is C23H25F5N2. The van der Waals surface area contributed by atoms with Gasteiger partial charge in [-0.2, -0.15) is 13.2 Å². The number of nitrogens with one attached hydrogen (secondary N) is 2. The van der Waals surface area contributed by atoms with Gasteiger partial charge in [-0.25, -0.2) is 8.78 Å². The van der Waals surface area contributed by atoms with Crippen LogP contribution in [0.3, 0.4) is 0 Å². The number of halogens is 5. The molecule has 7 heteroatoms. The summed E-state index contributed by atoms with van der Waals surface area (Å²) in [5, 5.41) is 5.75. The molecule has 2 nitrogen and oxygen atoms in total. The average Bonchev–Trinajstić information content (AvgIpc) is 2.69. The van der Waals surface area contributed by atoms with Crippen LogP contribution in [0.2, 0.25) is 0 Å². The second kappa shape index (κ2) is 10.3. The summed E-state index contributed by atoms with van der Waals surface area (Å²) in [5.41, 5.74) is 0.273. The van der Waals surface area contributed by atoms with Crippen LogP contribution in [0.25, 0.3) is 5.70 Å². The number of anilines is 1. The molecule has 0 bridgehead atoms. The summed E-state index contributed by atoms with van der Waals surface area (Å²) < 4.78 is 68.9. The molecule has 0 atom stereocenters. The van der Waals surface area contributed by atoms with Crippen molar-refractivity contribution in [1.82, 2.24) is 5.32 Å². The Bertz CT molecular complexity index is 929. The van der Waals surface area contributed by atoms with Crippen molar-refractivity contribution < 1.29 is 22.0 Å². The van der Waals surface area contributed by atoms with Gasteiger partial charge >= 0.3 is 6.18 Å². The third-order valence-electron chi connectivity index (χ3n) is 4.65. The number of hydrogen-bond acceptors (Lipinski definition) is 2. The molecule has 0 spiro atoms. The van der Waals surface area contributed by atoms with E-state index < -0.39 is 17.6 Å². The van der Waals surface area contributed by atoms with Gasteiger partial charge in [-0.1, -0.05) is 30.7 Å². The summed E-state index contributed by atoms with van der Waals surface area (Å²) in [4.78, 5) is 0. The molecule has 2 aromatic carbocycles. The summed E-state index contributed by atoms with van der Waals surface area (Å²) in [5.74, 6) is -1.06. The van der Waals surface area contributed by atoms with E-state index in [4.69, 9.17) is 0 Å². The minimum absolute atomic E-state index is 0.0268. The first-order valence-electron chi connectivity index (χ1n) is 9.67. The van der Waals surface area contributed by atoms with Crippen molar-refractivity contribution in [2.75, 3.05) is 11.9 Å². The fourth-order valence-corrected chi connectivity index (χ4v) is 2.88. The van der Waals surface area contributed by atoms with Gasteiger partial charge in [0.25, 0.3) is 0 Å². The van der Waals surface area contributed by atoms with Crippen molar-refractivity contribution in [3.63, 3.8) is 0 Å². The van der Waals surface area contributed by atoms with Crippen LogP contribution >= 0.6 is 0 Å². The van der Waals surface area contributed by atoms with Gasteiger partial charge in [-0.05, 0) is 50.6 Å². The van der Waals surface area contributed by atoms with E-state index in [9.17, 15) is 22.0 Å². The smallest absolute Gasteiger partial charge is 0.385 e. The number of hydrogen-bond donors (Lipinski definition) is 2. The molecule has 0 fully saturated rings. The van der Waals surface area contributed by atoms with Gasteiger partial charge < -0.3 is 10.6 Å². The maximum Gasteiger partial charge on any atom is 0.416 e. The maximum absolute atomic E-state index is 14.8. The van der Waals surface area contributed by atoms with Crippen molar-refractivity contribution >= 4 is 11.4 Å². The van der Waals surface area contributed by atoms with Crippen molar-refractivity contribution in [2.45, 2.75) is 39.9 Å². The van der Waals surface area contributed by atoms with Crippen molar-refractivity contribution in [3.8, 4) is 0 Å². The minimum atomic E-state index is -4.54. The van der Waals surface area contributed by atoms with Crippen LogP contribution < -0.4 is 10.6 Å². The minimum Gasteiger partial charge on any atom is -0.385 e. The van der Waals surface area contributed by atoms with Gasteiger partial charge in [-0.15, -0.1) is 0 Å². The first-order chi connectivity index (χ1) is 14.2. The Morgan fingerprint density at radius 3 is 2.27 bits per heavy atom. The zero-order chi connectivity index (χ0) is 22.3. The van der Waals surface area contributed by atoms with Crippen LogP contribution in [0, 0.1) is 11.6 Å². The Balaban J connectivity index is 2.34. The number of alkyl halides is 3. The molecule has 0 radical (unpaired) electrons. The Kier molecular flexibility index (Phi) is 8.03. The molecule has 162 valence electrons. The zero-order valence-corrected chi connectivity index (χ0v) is 17.1. The van der Waals surface area contributed by atoms with E-state index in [0.29, 0.717) is 17.8 Å². The lowest BCUT2D eigenvalue weighted by Crippen LogP contribution is -2.17. The number of benzene rings is 2. The largest absolute Gasteiger partial charge is 0.416 e. The van der Waals surface area contributed by atoms with Crippen molar-refractivity contribution in [1.29, 1.82) is 0 Å². The highest BCUT2D eigenvalue weighted by Gasteiger charge is 2.34. The van der Waals surface area contributed by atoms with Gasteiger partial charge in [0.1, 0.15) is 11.6 Å². The quantitative estimate of drug-likeness (QED) is 0.359. The van der Waals surface area contributed by atoms with E-state index in [1.165, 1.54) is 25.1 Å². The summed E-state index contributed by atoms with van der Waals surface area (Å²) >= 11 is 0. The first-order valence-corrected chi connectivity index (χ1v) is 9.67. The fourth-order valence-electron chi connectivity index (χ4n) is 2.88. The van der Waals surface area contributed by atoms with Crippen molar-refractivity contribution in [3.05, 3.63) is 82.4 Å². The Hall–Kier alpha value is -2.83. The monoisotopic (exact) mass is 424 g/mol. The number of allylic oxidation sites excluding steroid dienone is 3. The third-order valence-corrected chi connectivity index (χ3v) is 4.65. The normalized spacial score (nSPS) is 13.1. The SMILES string of the molecule is CCN/C(=C\C(=C(C)CC)C(F)(F)F)c1ccc(NCc2ccccc2F)cc1F. The Labute approximate surface area is 173 Å². The van der Waals surface area contributed by atoms with E-state index in [-0.39, 0.29) is 35.6 Å². The topological polar surface area (TPSA) is 24.1 Å². The fraction of sp³-hybridized carbons (Fsp3) is 0.304. The molecule has 0 amide bonds. The molecular weight excluding hydrogens is 399 g/mol. The lowest BCUT2D eigenvalue weighted by molar-refractivity contribution is -0.0890. The second-order valence-electron chi connectivity index (χ2n) is 6.77. The molecule has 0 aromatic heterocycles. The highest BCUT2D eigenvalue weighted by atomic mass is 19.4. The summed E-state index contributed by atoms with van der Waals surface area (Å²) in [6.07, 6.45) is -3.36. The highest BCUT2D eigenvalue weighted by Crippen LogP contribution is 2.33. The number of rotatable bonds is 8. The molecule has 2 rings (SSSR count). The highest BCUT2D eigenvalue weighted by molar-refractivity contribution is 5.69. The van der Waals surface area contributed by atoms with Crippen LogP contribution in [0.1, 0.15) is 38.3 Å². The molecule has 0 aliphatic carbocycles. The van der Waals surface area contributed by atoms with Crippen LogP contribution in [0.4, 0.5) is 27.6 Å². The summed E-state index contributed by atoms with van der Waals surface area (Å²) in [6.45, 7) is 5.25. The summed E-state index contributed by atoms with van der Waals surface area (Å²) in [6, 6.07) is 10.4. The zero-order valence-electron chi connectivity index (χ0n) is 17.1. The van der Waals surface area contributed by atoms with Crippen LogP contribution in [0.5, 0.6) is 0 Å². The Morgan fingerprint density at radius 2 is 1.70 bits per heavy atom. The predicted octanol–water partition coefficient (Wildman–Crippen LogP) is 6.82. The van der Waals surface area contributed by atoms with E-state index in [1.54, 1.807) is 38.1 Å². The predicted molar refractivity (Wildman–Crippen MR) is 111 cm³/mol. The van der Waals surface area contributed by atoms with Gasteiger partial charge in [0.05, 0.1) is 5.57 Å². The molecule has 0 saturated heterocycles. The van der Waals surface area contributed by atoms with E-state index >= 15 is 0 Å². The molecule has 2 N–H and O–H groups in total. The van der Waals surface area contributed by atoms with E-state index in [0.717, 1.165) is 6.08 Å². The van der Waals surface area contributed by atoms with E-state index in [2.05, 4.69) is 10.6 Å². The molecule has 2 aromatic rings. The molecule has 30 heavy (non-hydrogen) atoms. The lowest BCUT2D eigenvalue weighted by atomic mass is 10.0. The maximum atomic E-state index is 14.8. The second-order valence-corrected chi connectivity index (χ2v) is 6.77. The molecule has 0 aliphatic rings. The van der Waals surface area contributed by atoms with Crippen molar-refractivity contribution in [2.24, 2.45) is 0 Å². The van der Waals surface area contributed by atoms with Gasteiger partial charge in [0.2, 0.25) is 0 Å². The standard InChI is InChI=1S/C23H25F5N2/c1-4-15(3)19(23(26,27)28)13-22(29-5-2)18-11-10-17(12-21(18)25)30-14-16-8-6-7-9-20(16)24/h6-13,29-30H,4-5,14H2,1-3H3/b19-15?,22-13-. The van der Waals surface area contributed by atoms with Gasteiger partial charge in [0.15, 0.2) is 0 Å².